The Balaban J connectivity index is 1.91. The third-order valence-corrected chi connectivity index (χ3v) is 4.11. The molecule has 0 spiro atoms. The fourth-order valence-electron chi connectivity index (χ4n) is 1.85. The van der Waals surface area contributed by atoms with Crippen LogP contribution in [-0.4, -0.2) is 9.97 Å². The Bertz CT molecular complexity index is 915. The SMILES string of the molecule is N#Cc1ncc(Sc2ccccn2)cc1Oc1ccc(F)cc1Cl. The van der Waals surface area contributed by atoms with E-state index in [1.54, 1.807) is 18.5 Å². The standard InChI is InChI=1S/C17H9ClFN3OS/c18-13-7-11(19)4-5-15(13)23-16-8-12(10-22-14(16)9-20)24-17-3-1-2-6-21-17/h1-8,10H. The van der Waals surface area contributed by atoms with Crippen molar-refractivity contribution in [3.05, 3.63) is 71.4 Å². The van der Waals surface area contributed by atoms with Gasteiger partial charge < -0.3 is 4.74 Å². The van der Waals surface area contributed by atoms with Crippen LogP contribution in [0.1, 0.15) is 5.69 Å². The number of hydrogen-bond acceptors (Lipinski definition) is 5. The molecular weight excluding hydrogens is 349 g/mol. The van der Waals surface area contributed by atoms with Crippen LogP contribution >= 0.6 is 23.4 Å². The van der Waals surface area contributed by atoms with Crippen LogP contribution in [0.3, 0.4) is 0 Å². The van der Waals surface area contributed by atoms with Crippen LogP contribution in [0.15, 0.2) is 64.8 Å². The molecular formula is C17H9ClFN3OS. The molecule has 0 saturated heterocycles. The van der Waals surface area contributed by atoms with Gasteiger partial charge in [0.15, 0.2) is 11.4 Å². The van der Waals surface area contributed by atoms with Crippen LogP contribution in [0.5, 0.6) is 11.5 Å². The largest absolute Gasteiger partial charge is 0.453 e. The molecule has 0 saturated carbocycles. The third kappa shape index (κ3) is 3.82. The third-order valence-electron chi connectivity index (χ3n) is 2.91. The Labute approximate surface area is 146 Å². The van der Waals surface area contributed by atoms with Crippen LogP contribution < -0.4 is 4.74 Å². The summed E-state index contributed by atoms with van der Waals surface area (Å²) in [6.45, 7) is 0. The van der Waals surface area contributed by atoms with Gasteiger partial charge in [-0.15, -0.1) is 0 Å². The second-order valence-corrected chi connectivity index (χ2v) is 6.08. The molecule has 0 aliphatic rings. The number of nitriles is 1. The van der Waals surface area contributed by atoms with Gasteiger partial charge in [-0.1, -0.05) is 29.4 Å². The zero-order valence-electron chi connectivity index (χ0n) is 12.1. The van der Waals surface area contributed by atoms with E-state index in [2.05, 4.69) is 9.97 Å². The molecule has 0 unspecified atom stereocenters. The van der Waals surface area contributed by atoms with Crippen LogP contribution in [-0.2, 0) is 0 Å². The number of hydrogen-bond donors (Lipinski definition) is 0. The first-order chi connectivity index (χ1) is 11.7. The number of benzene rings is 1. The van der Waals surface area contributed by atoms with E-state index in [1.807, 2.05) is 24.3 Å². The summed E-state index contributed by atoms with van der Waals surface area (Å²) >= 11 is 7.34. The Morgan fingerprint density at radius 3 is 2.71 bits per heavy atom. The Morgan fingerprint density at radius 2 is 2.00 bits per heavy atom. The summed E-state index contributed by atoms with van der Waals surface area (Å²) in [5.41, 5.74) is 0.112. The van der Waals surface area contributed by atoms with Crippen molar-refractivity contribution in [1.29, 1.82) is 5.26 Å². The van der Waals surface area contributed by atoms with E-state index in [-0.39, 0.29) is 22.2 Å². The zero-order chi connectivity index (χ0) is 16.9. The molecule has 7 heteroatoms. The molecule has 0 radical (unpaired) electrons. The van der Waals surface area contributed by atoms with E-state index in [0.29, 0.717) is 0 Å². The number of nitrogens with zero attached hydrogens (tertiary/aromatic N) is 3. The molecule has 2 heterocycles. The van der Waals surface area contributed by atoms with Gasteiger partial charge in [-0.3, -0.25) is 0 Å². The number of aromatic nitrogens is 2. The first kappa shape index (κ1) is 16.2. The second-order valence-electron chi connectivity index (χ2n) is 4.58. The van der Waals surface area contributed by atoms with Gasteiger partial charge in [0.1, 0.15) is 22.7 Å². The van der Waals surface area contributed by atoms with E-state index >= 15 is 0 Å². The summed E-state index contributed by atoms with van der Waals surface area (Å²) in [6.07, 6.45) is 3.26. The zero-order valence-corrected chi connectivity index (χ0v) is 13.7. The van der Waals surface area contributed by atoms with Gasteiger partial charge in [-0.05, 0) is 36.4 Å². The molecule has 0 amide bonds. The van der Waals surface area contributed by atoms with Gasteiger partial charge in [-0.2, -0.15) is 5.26 Å². The molecule has 0 aliphatic carbocycles. The molecule has 0 aliphatic heterocycles. The molecule has 118 valence electrons. The summed E-state index contributed by atoms with van der Waals surface area (Å²) in [5.74, 6) is 0.0220. The number of pyridine rings is 2. The smallest absolute Gasteiger partial charge is 0.183 e. The van der Waals surface area contributed by atoms with Gasteiger partial charge in [0.25, 0.3) is 0 Å². The quantitative estimate of drug-likeness (QED) is 0.651. The summed E-state index contributed by atoms with van der Waals surface area (Å²) < 4.78 is 18.8. The van der Waals surface area contributed by atoms with Crippen molar-refractivity contribution in [3.8, 4) is 17.6 Å². The summed E-state index contributed by atoms with van der Waals surface area (Å²) in [7, 11) is 0. The highest BCUT2D eigenvalue weighted by Crippen LogP contribution is 2.34. The molecule has 2 aromatic heterocycles. The molecule has 0 fully saturated rings. The van der Waals surface area contributed by atoms with Crippen molar-refractivity contribution in [2.75, 3.05) is 0 Å². The topological polar surface area (TPSA) is 58.8 Å². The lowest BCUT2D eigenvalue weighted by Gasteiger charge is -2.10. The molecule has 3 rings (SSSR count). The lowest BCUT2D eigenvalue weighted by Crippen LogP contribution is -1.93. The molecule has 24 heavy (non-hydrogen) atoms. The summed E-state index contributed by atoms with van der Waals surface area (Å²) in [5, 5.41) is 10.1. The minimum absolute atomic E-state index is 0.112. The maximum atomic E-state index is 13.1. The minimum atomic E-state index is -0.467. The summed E-state index contributed by atoms with van der Waals surface area (Å²) in [6, 6.07) is 13.0. The fourth-order valence-corrected chi connectivity index (χ4v) is 2.83. The maximum absolute atomic E-state index is 13.1. The van der Waals surface area contributed by atoms with Crippen LogP contribution in [0.4, 0.5) is 4.39 Å². The van der Waals surface area contributed by atoms with Crippen molar-refractivity contribution >= 4 is 23.4 Å². The minimum Gasteiger partial charge on any atom is -0.453 e. The van der Waals surface area contributed by atoms with Gasteiger partial charge >= 0.3 is 0 Å². The van der Waals surface area contributed by atoms with Gasteiger partial charge in [0.2, 0.25) is 0 Å². The van der Waals surface area contributed by atoms with E-state index in [1.165, 1.54) is 23.9 Å². The number of ether oxygens (including phenoxy) is 1. The molecule has 0 bridgehead atoms. The monoisotopic (exact) mass is 357 g/mol. The first-order valence-corrected chi connectivity index (χ1v) is 7.97. The van der Waals surface area contributed by atoms with E-state index in [0.717, 1.165) is 16.0 Å². The Morgan fingerprint density at radius 1 is 1.12 bits per heavy atom. The average molecular weight is 358 g/mol. The van der Waals surface area contributed by atoms with Crippen molar-refractivity contribution in [2.45, 2.75) is 9.92 Å². The van der Waals surface area contributed by atoms with Crippen molar-refractivity contribution in [2.24, 2.45) is 0 Å². The predicted octanol–water partition coefficient (Wildman–Crippen LogP) is 5.08. The first-order valence-electron chi connectivity index (χ1n) is 6.77. The highest BCUT2D eigenvalue weighted by atomic mass is 35.5. The molecule has 0 N–H and O–H groups in total. The highest BCUT2D eigenvalue weighted by molar-refractivity contribution is 7.99. The van der Waals surface area contributed by atoms with Crippen molar-refractivity contribution in [3.63, 3.8) is 0 Å². The molecule has 0 atom stereocenters. The van der Waals surface area contributed by atoms with Crippen LogP contribution in [0, 0.1) is 17.1 Å². The normalized spacial score (nSPS) is 10.2. The number of halogens is 2. The van der Waals surface area contributed by atoms with E-state index in [4.69, 9.17) is 16.3 Å². The highest BCUT2D eigenvalue weighted by Gasteiger charge is 2.12. The number of rotatable bonds is 4. The molecule has 3 aromatic rings. The van der Waals surface area contributed by atoms with E-state index < -0.39 is 5.82 Å². The van der Waals surface area contributed by atoms with Gasteiger partial charge in [-0.25, -0.2) is 14.4 Å². The summed E-state index contributed by atoms with van der Waals surface area (Å²) in [4.78, 5) is 9.06. The average Bonchev–Trinajstić information content (AvgIpc) is 2.59. The van der Waals surface area contributed by atoms with Gasteiger partial charge in [0.05, 0.1) is 5.02 Å². The Hall–Kier alpha value is -2.62. The maximum Gasteiger partial charge on any atom is 0.183 e. The van der Waals surface area contributed by atoms with Crippen LogP contribution in [0.2, 0.25) is 5.02 Å². The Kier molecular flexibility index (Phi) is 4.94. The second kappa shape index (κ2) is 7.30. The predicted molar refractivity (Wildman–Crippen MR) is 88.8 cm³/mol. The molecule has 4 nitrogen and oxygen atoms in total. The van der Waals surface area contributed by atoms with Gasteiger partial charge in [0, 0.05) is 17.3 Å². The van der Waals surface area contributed by atoms with Crippen molar-refractivity contribution in [1.82, 2.24) is 9.97 Å². The lowest BCUT2D eigenvalue weighted by molar-refractivity contribution is 0.475. The molecule has 1 aromatic carbocycles. The van der Waals surface area contributed by atoms with E-state index in [9.17, 15) is 9.65 Å². The van der Waals surface area contributed by atoms with Crippen molar-refractivity contribution < 1.29 is 9.13 Å². The fraction of sp³-hybridized carbons (Fsp3) is 0. The lowest BCUT2D eigenvalue weighted by atomic mass is 10.3. The van der Waals surface area contributed by atoms with Crippen LogP contribution in [0.25, 0.3) is 0 Å².